The van der Waals surface area contributed by atoms with Crippen molar-refractivity contribution >= 4 is 5.97 Å². The van der Waals surface area contributed by atoms with Crippen LogP contribution in [0.4, 0.5) is 0 Å². The molecule has 1 heterocycles. The molecule has 100 valence electrons. The van der Waals surface area contributed by atoms with Gasteiger partial charge in [0.1, 0.15) is 5.54 Å². The summed E-state index contributed by atoms with van der Waals surface area (Å²) in [5, 5.41) is 9.18. The lowest BCUT2D eigenvalue weighted by molar-refractivity contribution is -0.149. The van der Waals surface area contributed by atoms with Gasteiger partial charge in [-0.3, -0.25) is 14.5 Å². The number of hydrogen-bond acceptors (Lipinski definition) is 3. The van der Waals surface area contributed by atoms with Crippen LogP contribution in [0.5, 0.6) is 0 Å². The van der Waals surface area contributed by atoms with Gasteiger partial charge in [0, 0.05) is 25.4 Å². The summed E-state index contributed by atoms with van der Waals surface area (Å²) < 4.78 is 1.58. The second-order valence-electron chi connectivity index (χ2n) is 4.68. The van der Waals surface area contributed by atoms with Crippen molar-refractivity contribution in [2.45, 2.75) is 32.9 Å². The molecule has 0 spiro atoms. The van der Waals surface area contributed by atoms with E-state index >= 15 is 0 Å². The minimum absolute atomic E-state index is 0.0679. The van der Waals surface area contributed by atoms with Crippen molar-refractivity contribution in [2.75, 3.05) is 13.1 Å². The van der Waals surface area contributed by atoms with E-state index in [0.29, 0.717) is 19.6 Å². The Morgan fingerprint density at radius 2 is 2.11 bits per heavy atom. The van der Waals surface area contributed by atoms with Crippen molar-refractivity contribution in [1.29, 1.82) is 0 Å². The Hall–Kier alpha value is -1.62. The molecule has 0 radical (unpaired) electrons. The van der Waals surface area contributed by atoms with Crippen molar-refractivity contribution in [3.8, 4) is 0 Å². The van der Waals surface area contributed by atoms with Crippen LogP contribution in [0.25, 0.3) is 0 Å². The smallest absolute Gasteiger partial charge is 0.323 e. The van der Waals surface area contributed by atoms with Gasteiger partial charge >= 0.3 is 5.97 Å². The van der Waals surface area contributed by atoms with E-state index in [-0.39, 0.29) is 5.56 Å². The molecule has 0 aliphatic heterocycles. The lowest BCUT2D eigenvalue weighted by atomic mass is 10.0. The second-order valence-corrected chi connectivity index (χ2v) is 4.68. The zero-order valence-electron chi connectivity index (χ0n) is 11.1. The maximum absolute atomic E-state index is 11.5. The number of aromatic nitrogens is 1. The van der Waals surface area contributed by atoms with Crippen LogP contribution >= 0.6 is 0 Å². The van der Waals surface area contributed by atoms with Crippen LogP contribution in [0.3, 0.4) is 0 Å². The molecular formula is C13H20N2O3. The molecule has 0 fully saturated rings. The van der Waals surface area contributed by atoms with Gasteiger partial charge < -0.3 is 9.67 Å². The van der Waals surface area contributed by atoms with Gasteiger partial charge in [0.05, 0.1) is 0 Å². The van der Waals surface area contributed by atoms with Crippen LogP contribution in [-0.4, -0.2) is 39.2 Å². The first-order valence-electron chi connectivity index (χ1n) is 6.03. The van der Waals surface area contributed by atoms with Crippen LogP contribution in [0, 0.1) is 0 Å². The average Bonchev–Trinajstić information content (AvgIpc) is 2.31. The summed E-state index contributed by atoms with van der Waals surface area (Å²) in [6.45, 7) is 6.91. The Kier molecular flexibility index (Phi) is 4.67. The van der Waals surface area contributed by atoms with E-state index in [9.17, 15) is 14.7 Å². The van der Waals surface area contributed by atoms with Crippen molar-refractivity contribution in [3.63, 3.8) is 0 Å². The van der Waals surface area contributed by atoms with E-state index in [1.165, 1.54) is 6.07 Å². The summed E-state index contributed by atoms with van der Waals surface area (Å²) in [5.41, 5.74) is -0.991. The Morgan fingerprint density at radius 3 is 2.61 bits per heavy atom. The summed E-state index contributed by atoms with van der Waals surface area (Å²) in [6, 6.07) is 4.98. The fourth-order valence-corrected chi connectivity index (χ4v) is 1.84. The first-order chi connectivity index (χ1) is 8.39. The molecule has 5 heteroatoms. The molecule has 0 amide bonds. The second kappa shape index (κ2) is 5.82. The third-order valence-corrected chi connectivity index (χ3v) is 3.21. The molecule has 0 unspecified atom stereocenters. The number of pyridine rings is 1. The number of hydrogen-bond donors (Lipinski definition) is 1. The number of rotatable bonds is 6. The fraction of sp³-hybridized carbons (Fsp3) is 0.538. The first-order valence-corrected chi connectivity index (χ1v) is 6.03. The van der Waals surface area contributed by atoms with E-state index in [1.807, 2.05) is 11.8 Å². The molecule has 18 heavy (non-hydrogen) atoms. The Labute approximate surface area is 107 Å². The van der Waals surface area contributed by atoms with Crippen molar-refractivity contribution < 1.29 is 9.90 Å². The largest absolute Gasteiger partial charge is 0.480 e. The van der Waals surface area contributed by atoms with Crippen LogP contribution in [-0.2, 0) is 11.3 Å². The van der Waals surface area contributed by atoms with Gasteiger partial charge in [-0.25, -0.2) is 0 Å². The summed E-state index contributed by atoms with van der Waals surface area (Å²) in [4.78, 5) is 24.6. The average molecular weight is 252 g/mol. The van der Waals surface area contributed by atoms with Gasteiger partial charge in [-0.2, -0.15) is 0 Å². The van der Waals surface area contributed by atoms with Crippen molar-refractivity contribution in [2.24, 2.45) is 0 Å². The highest BCUT2D eigenvalue weighted by Crippen LogP contribution is 2.14. The van der Waals surface area contributed by atoms with Crippen LogP contribution in [0.1, 0.15) is 20.8 Å². The van der Waals surface area contributed by atoms with Gasteiger partial charge in [0.2, 0.25) is 0 Å². The molecule has 0 bridgehead atoms. The Morgan fingerprint density at radius 1 is 1.44 bits per heavy atom. The molecule has 1 aromatic heterocycles. The normalized spacial score (nSPS) is 11.8. The third kappa shape index (κ3) is 3.20. The van der Waals surface area contributed by atoms with E-state index in [1.54, 1.807) is 36.7 Å². The third-order valence-electron chi connectivity index (χ3n) is 3.21. The highest BCUT2D eigenvalue weighted by molar-refractivity contribution is 5.77. The number of nitrogens with zero attached hydrogens (tertiary/aromatic N) is 2. The van der Waals surface area contributed by atoms with Gasteiger partial charge in [-0.1, -0.05) is 13.0 Å². The summed E-state index contributed by atoms with van der Waals surface area (Å²) in [7, 11) is 0. The zero-order chi connectivity index (χ0) is 13.8. The quantitative estimate of drug-likeness (QED) is 0.821. The SMILES string of the molecule is CCN(CCn1ccccc1=O)C(C)(C)C(=O)O. The molecule has 0 aliphatic rings. The summed E-state index contributed by atoms with van der Waals surface area (Å²) in [6.07, 6.45) is 1.71. The Bertz CT molecular complexity index is 465. The van der Waals surface area contributed by atoms with Crippen LogP contribution in [0.15, 0.2) is 29.2 Å². The van der Waals surface area contributed by atoms with Crippen molar-refractivity contribution in [3.05, 3.63) is 34.7 Å². The summed E-state index contributed by atoms with van der Waals surface area (Å²) in [5.74, 6) is -0.857. The molecule has 5 nitrogen and oxygen atoms in total. The zero-order valence-corrected chi connectivity index (χ0v) is 11.1. The lowest BCUT2D eigenvalue weighted by Gasteiger charge is -2.34. The number of likely N-dealkylation sites (N-methyl/N-ethyl adjacent to an activating group) is 1. The van der Waals surface area contributed by atoms with E-state index in [0.717, 1.165) is 0 Å². The van der Waals surface area contributed by atoms with Gasteiger partial charge in [0.25, 0.3) is 5.56 Å². The first kappa shape index (κ1) is 14.4. The monoisotopic (exact) mass is 252 g/mol. The maximum atomic E-state index is 11.5. The highest BCUT2D eigenvalue weighted by Gasteiger charge is 2.33. The predicted molar refractivity (Wildman–Crippen MR) is 69.7 cm³/mol. The molecule has 0 aromatic carbocycles. The molecule has 0 atom stereocenters. The molecule has 0 saturated carbocycles. The number of carboxylic acids is 1. The minimum Gasteiger partial charge on any atom is -0.480 e. The van der Waals surface area contributed by atoms with Gasteiger partial charge in [-0.05, 0) is 26.5 Å². The topological polar surface area (TPSA) is 62.5 Å². The summed E-state index contributed by atoms with van der Waals surface area (Å²) >= 11 is 0. The molecular weight excluding hydrogens is 232 g/mol. The van der Waals surface area contributed by atoms with Gasteiger partial charge in [0.15, 0.2) is 0 Å². The molecule has 1 rings (SSSR count). The minimum atomic E-state index is -0.923. The number of aliphatic carboxylic acids is 1. The highest BCUT2D eigenvalue weighted by atomic mass is 16.4. The molecule has 1 N–H and O–H groups in total. The Balaban J connectivity index is 2.75. The standard InChI is InChI=1S/C13H20N2O3/c1-4-15(13(2,3)12(17)18)10-9-14-8-6-5-7-11(14)16/h5-8H,4,9-10H2,1-3H3,(H,17,18). The number of carboxylic acid groups (broad SMARTS) is 1. The lowest BCUT2D eigenvalue weighted by Crippen LogP contribution is -2.51. The van der Waals surface area contributed by atoms with Crippen molar-refractivity contribution in [1.82, 2.24) is 9.47 Å². The van der Waals surface area contributed by atoms with E-state index in [4.69, 9.17) is 0 Å². The van der Waals surface area contributed by atoms with E-state index in [2.05, 4.69) is 0 Å². The van der Waals surface area contributed by atoms with Crippen LogP contribution < -0.4 is 5.56 Å². The number of carbonyl (C=O) groups is 1. The van der Waals surface area contributed by atoms with Crippen LogP contribution in [0.2, 0.25) is 0 Å². The van der Waals surface area contributed by atoms with E-state index < -0.39 is 11.5 Å². The van der Waals surface area contributed by atoms with Gasteiger partial charge in [-0.15, -0.1) is 0 Å². The molecule has 0 saturated heterocycles. The molecule has 1 aromatic rings. The predicted octanol–water partition coefficient (Wildman–Crippen LogP) is 1.03. The maximum Gasteiger partial charge on any atom is 0.323 e. The fourth-order valence-electron chi connectivity index (χ4n) is 1.84. The molecule has 0 aliphatic carbocycles.